The standard InChI is InChI=1S/C20H25N3OS/c1-21-20(23-12-14-25-18-5-3-2-4-6-18)22-11-9-16-7-8-19-17(15-16)10-13-24-19/h2-8,15H,9-14H2,1H3,(H2,21,22,23). The average molecular weight is 356 g/mol. The van der Waals surface area contributed by atoms with E-state index in [4.69, 9.17) is 4.74 Å². The quantitative estimate of drug-likeness (QED) is 0.347. The summed E-state index contributed by atoms with van der Waals surface area (Å²) in [6, 6.07) is 17.0. The Kier molecular flexibility index (Phi) is 6.63. The van der Waals surface area contributed by atoms with E-state index >= 15 is 0 Å². The minimum absolute atomic E-state index is 0.814. The third kappa shape index (κ3) is 5.43. The van der Waals surface area contributed by atoms with Gasteiger partial charge in [0.15, 0.2) is 5.96 Å². The zero-order chi connectivity index (χ0) is 17.3. The van der Waals surface area contributed by atoms with Crippen LogP contribution < -0.4 is 15.4 Å². The zero-order valence-electron chi connectivity index (χ0n) is 14.6. The van der Waals surface area contributed by atoms with Crippen LogP contribution in [0.4, 0.5) is 0 Å². The van der Waals surface area contributed by atoms with Gasteiger partial charge in [0.25, 0.3) is 0 Å². The van der Waals surface area contributed by atoms with E-state index in [1.807, 2.05) is 24.9 Å². The predicted molar refractivity (Wildman–Crippen MR) is 106 cm³/mol. The summed E-state index contributed by atoms with van der Waals surface area (Å²) in [6.45, 7) is 2.56. The van der Waals surface area contributed by atoms with Gasteiger partial charge in [-0.05, 0) is 35.7 Å². The number of nitrogens with one attached hydrogen (secondary N) is 2. The first-order valence-corrected chi connectivity index (χ1v) is 9.70. The molecule has 0 unspecified atom stereocenters. The Balaban J connectivity index is 1.35. The number of nitrogens with zero attached hydrogens (tertiary/aromatic N) is 1. The highest BCUT2D eigenvalue weighted by molar-refractivity contribution is 7.99. The van der Waals surface area contributed by atoms with Crippen molar-refractivity contribution >= 4 is 17.7 Å². The summed E-state index contributed by atoms with van der Waals surface area (Å²) in [4.78, 5) is 5.59. The minimum atomic E-state index is 0.814. The minimum Gasteiger partial charge on any atom is -0.493 e. The largest absolute Gasteiger partial charge is 0.493 e. The maximum atomic E-state index is 5.55. The molecule has 0 saturated carbocycles. The SMILES string of the molecule is CN=C(NCCSc1ccccc1)NCCc1ccc2c(c1)CCO2. The van der Waals surface area contributed by atoms with Gasteiger partial charge in [-0.15, -0.1) is 11.8 Å². The van der Waals surface area contributed by atoms with Crippen LogP contribution in [0.25, 0.3) is 0 Å². The Hall–Kier alpha value is -2.14. The normalized spacial score (nSPS) is 13.2. The maximum Gasteiger partial charge on any atom is 0.191 e. The van der Waals surface area contributed by atoms with Gasteiger partial charge >= 0.3 is 0 Å². The number of fused-ring (bicyclic) bond motifs is 1. The summed E-state index contributed by atoms with van der Waals surface area (Å²) in [5.74, 6) is 2.92. The Bertz CT molecular complexity index is 703. The number of benzene rings is 2. The summed E-state index contributed by atoms with van der Waals surface area (Å²) >= 11 is 1.85. The topological polar surface area (TPSA) is 45.7 Å². The van der Waals surface area contributed by atoms with E-state index in [-0.39, 0.29) is 0 Å². The highest BCUT2D eigenvalue weighted by atomic mass is 32.2. The molecule has 2 aromatic carbocycles. The third-order valence-electron chi connectivity index (χ3n) is 4.09. The van der Waals surface area contributed by atoms with E-state index in [0.29, 0.717) is 0 Å². The number of thioether (sulfide) groups is 1. The molecule has 2 aromatic rings. The second-order valence-electron chi connectivity index (χ2n) is 5.88. The van der Waals surface area contributed by atoms with E-state index in [1.165, 1.54) is 16.0 Å². The maximum absolute atomic E-state index is 5.55. The van der Waals surface area contributed by atoms with Gasteiger partial charge in [0.1, 0.15) is 5.75 Å². The number of aliphatic imine (C=N–C) groups is 1. The van der Waals surface area contributed by atoms with Crippen LogP contribution in [0.2, 0.25) is 0 Å². The molecule has 1 aliphatic heterocycles. The smallest absolute Gasteiger partial charge is 0.191 e. The van der Waals surface area contributed by atoms with Gasteiger partial charge in [0, 0.05) is 37.2 Å². The molecule has 2 N–H and O–H groups in total. The number of hydrogen-bond acceptors (Lipinski definition) is 3. The van der Waals surface area contributed by atoms with Gasteiger partial charge in [-0.3, -0.25) is 4.99 Å². The van der Waals surface area contributed by atoms with Crippen LogP contribution >= 0.6 is 11.8 Å². The zero-order valence-corrected chi connectivity index (χ0v) is 15.4. The third-order valence-corrected chi connectivity index (χ3v) is 5.10. The second kappa shape index (κ2) is 9.37. The van der Waals surface area contributed by atoms with Gasteiger partial charge in [0.05, 0.1) is 6.61 Å². The molecule has 5 heteroatoms. The fraction of sp³-hybridized carbons (Fsp3) is 0.350. The summed E-state index contributed by atoms with van der Waals surface area (Å²) in [5, 5.41) is 6.75. The van der Waals surface area contributed by atoms with Crippen molar-refractivity contribution in [2.45, 2.75) is 17.7 Å². The molecule has 3 rings (SSSR count). The van der Waals surface area contributed by atoms with E-state index in [1.54, 1.807) is 0 Å². The molecular formula is C20H25N3OS. The Morgan fingerprint density at radius 3 is 2.80 bits per heavy atom. The monoisotopic (exact) mass is 355 g/mol. The molecule has 1 heterocycles. The fourth-order valence-corrected chi connectivity index (χ4v) is 3.59. The van der Waals surface area contributed by atoms with Crippen LogP contribution in [0.1, 0.15) is 11.1 Å². The molecule has 0 atom stereocenters. The lowest BCUT2D eigenvalue weighted by Crippen LogP contribution is -2.39. The van der Waals surface area contributed by atoms with Gasteiger partial charge in [-0.25, -0.2) is 0 Å². The van der Waals surface area contributed by atoms with Crippen molar-refractivity contribution in [3.63, 3.8) is 0 Å². The van der Waals surface area contributed by atoms with Crippen LogP contribution in [0.3, 0.4) is 0 Å². The Morgan fingerprint density at radius 2 is 1.96 bits per heavy atom. The van der Waals surface area contributed by atoms with Gasteiger partial charge in [-0.2, -0.15) is 0 Å². The van der Waals surface area contributed by atoms with Crippen molar-refractivity contribution in [2.24, 2.45) is 4.99 Å². The van der Waals surface area contributed by atoms with E-state index in [0.717, 1.165) is 50.0 Å². The lowest BCUT2D eigenvalue weighted by Gasteiger charge is -2.12. The Labute approximate surface area is 154 Å². The molecule has 0 fully saturated rings. The molecule has 0 spiro atoms. The van der Waals surface area contributed by atoms with Crippen molar-refractivity contribution < 1.29 is 4.74 Å². The van der Waals surface area contributed by atoms with Crippen molar-refractivity contribution in [1.82, 2.24) is 10.6 Å². The van der Waals surface area contributed by atoms with Crippen molar-refractivity contribution in [2.75, 3.05) is 32.5 Å². The molecule has 1 aliphatic rings. The summed E-state index contributed by atoms with van der Waals surface area (Å²) < 4.78 is 5.55. The van der Waals surface area contributed by atoms with Crippen LogP contribution in [-0.2, 0) is 12.8 Å². The van der Waals surface area contributed by atoms with Crippen LogP contribution in [0.15, 0.2) is 58.4 Å². The molecule has 0 bridgehead atoms. The summed E-state index contributed by atoms with van der Waals surface area (Å²) in [5.41, 5.74) is 2.67. The number of rotatable bonds is 7. The highest BCUT2D eigenvalue weighted by Gasteiger charge is 2.11. The molecule has 132 valence electrons. The van der Waals surface area contributed by atoms with E-state index in [2.05, 4.69) is 58.1 Å². The molecule has 25 heavy (non-hydrogen) atoms. The first-order chi connectivity index (χ1) is 12.3. The van der Waals surface area contributed by atoms with Gasteiger partial charge < -0.3 is 15.4 Å². The number of ether oxygens (including phenoxy) is 1. The highest BCUT2D eigenvalue weighted by Crippen LogP contribution is 2.25. The van der Waals surface area contributed by atoms with E-state index in [9.17, 15) is 0 Å². The van der Waals surface area contributed by atoms with Gasteiger partial charge in [0.2, 0.25) is 0 Å². The Morgan fingerprint density at radius 1 is 1.12 bits per heavy atom. The van der Waals surface area contributed by atoms with Crippen molar-refractivity contribution in [1.29, 1.82) is 0 Å². The molecule has 0 aliphatic carbocycles. The average Bonchev–Trinajstić information content (AvgIpc) is 3.12. The van der Waals surface area contributed by atoms with E-state index < -0.39 is 0 Å². The first-order valence-electron chi connectivity index (χ1n) is 8.72. The molecule has 4 nitrogen and oxygen atoms in total. The molecule has 0 saturated heterocycles. The first kappa shape index (κ1) is 17.7. The second-order valence-corrected chi connectivity index (χ2v) is 7.05. The molecular weight excluding hydrogens is 330 g/mol. The van der Waals surface area contributed by atoms with Crippen molar-refractivity contribution in [3.8, 4) is 5.75 Å². The summed E-state index contributed by atoms with van der Waals surface area (Å²) in [7, 11) is 1.81. The lowest BCUT2D eigenvalue weighted by molar-refractivity contribution is 0.357. The lowest BCUT2D eigenvalue weighted by atomic mass is 10.1. The van der Waals surface area contributed by atoms with Crippen LogP contribution in [-0.4, -0.2) is 38.5 Å². The summed E-state index contributed by atoms with van der Waals surface area (Å²) in [6.07, 6.45) is 2.01. The van der Waals surface area contributed by atoms with Gasteiger partial charge in [-0.1, -0.05) is 30.3 Å². The number of guanidine groups is 1. The van der Waals surface area contributed by atoms with Crippen LogP contribution in [0, 0.1) is 0 Å². The molecule has 0 radical (unpaired) electrons. The van der Waals surface area contributed by atoms with Crippen LogP contribution in [0.5, 0.6) is 5.75 Å². The van der Waals surface area contributed by atoms with Crippen molar-refractivity contribution in [3.05, 3.63) is 59.7 Å². The fourth-order valence-electron chi connectivity index (χ4n) is 2.80. The molecule has 0 aromatic heterocycles. The number of hydrogen-bond donors (Lipinski definition) is 2. The predicted octanol–water partition coefficient (Wildman–Crippen LogP) is 3.12. The molecule has 0 amide bonds.